The molecule has 1 rings (SSSR count). The lowest BCUT2D eigenvalue weighted by Crippen LogP contribution is -2.03. The highest BCUT2D eigenvalue weighted by Crippen LogP contribution is 2.24. The predicted molar refractivity (Wildman–Crippen MR) is 40.6 cm³/mol. The van der Waals surface area contributed by atoms with Crippen LogP contribution in [0.4, 0.5) is 8.78 Å². The highest BCUT2D eigenvalue weighted by atomic mass is 35.5. The van der Waals surface area contributed by atoms with Crippen LogP contribution in [-0.4, -0.2) is 11.6 Å². The highest BCUT2D eigenvalue weighted by molar-refractivity contribution is 6.32. The van der Waals surface area contributed by atoms with Crippen LogP contribution in [0.15, 0.2) is 12.3 Å². The zero-order chi connectivity index (χ0) is 9.84. The average Bonchev–Trinajstić information content (AvgIpc) is 2.08. The molecule has 3 nitrogen and oxygen atoms in total. The Morgan fingerprint density at radius 3 is 2.77 bits per heavy atom. The van der Waals surface area contributed by atoms with Gasteiger partial charge < -0.3 is 4.74 Å². The van der Waals surface area contributed by atoms with E-state index < -0.39 is 6.61 Å². The van der Waals surface area contributed by atoms with Gasteiger partial charge in [-0.3, -0.25) is 0 Å². The Morgan fingerprint density at radius 1 is 1.62 bits per heavy atom. The lowest BCUT2D eigenvalue weighted by molar-refractivity contribution is -0.0500. The smallest absolute Gasteiger partial charge is 0.387 e. The molecule has 68 valence electrons. The lowest BCUT2D eigenvalue weighted by atomic mass is 10.3. The summed E-state index contributed by atoms with van der Waals surface area (Å²) in [5, 5.41) is 8.31. The first-order valence-corrected chi connectivity index (χ1v) is 3.51. The standard InChI is InChI=1S/C7H3ClF2N2O/c8-5-1-4(2-11)12-3-6(5)13-7(9)10/h1,3,7H. The number of nitriles is 1. The Hall–Kier alpha value is -1.41. The van der Waals surface area contributed by atoms with Gasteiger partial charge in [-0.15, -0.1) is 0 Å². The summed E-state index contributed by atoms with van der Waals surface area (Å²) in [5.74, 6) is -0.240. The summed E-state index contributed by atoms with van der Waals surface area (Å²) in [6, 6.07) is 2.86. The molecular formula is C7H3ClF2N2O. The van der Waals surface area contributed by atoms with E-state index in [1.807, 2.05) is 0 Å². The minimum absolute atomic E-state index is 0.0478. The number of pyridine rings is 1. The lowest BCUT2D eigenvalue weighted by Gasteiger charge is -2.04. The molecule has 1 aromatic rings. The predicted octanol–water partition coefficient (Wildman–Crippen LogP) is 2.21. The van der Waals surface area contributed by atoms with E-state index in [-0.39, 0.29) is 16.5 Å². The summed E-state index contributed by atoms with van der Waals surface area (Å²) in [6.07, 6.45) is 0.979. The van der Waals surface area contributed by atoms with Crippen molar-refractivity contribution < 1.29 is 13.5 Å². The van der Waals surface area contributed by atoms with Crippen LogP contribution in [0.25, 0.3) is 0 Å². The van der Waals surface area contributed by atoms with Gasteiger partial charge in [0.25, 0.3) is 0 Å². The van der Waals surface area contributed by atoms with Crippen LogP contribution in [0.5, 0.6) is 5.75 Å². The molecule has 0 aliphatic carbocycles. The van der Waals surface area contributed by atoms with Crippen molar-refractivity contribution in [2.75, 3.05) is 0 Å². The minimum atomic E-state index is -2.95. The molecule has 0 amide bonds. The van der Waals surface area contributed by atoms with Gasteiger partial charge in [0.1, 0.15) is 11.8 Å². The van der Waals surface area contributed by atoms with Gasteiger partial charge >= 0.3 is 6.61 Å². The number of rotatable bonds is 2. The first-order chi connectivity index (χ1) is 6.13. The maximum absolute atomic E-state index is 11.7. The van der Waals surface area contributed by atoms with Crippen LogP contribution in [-0.2, 0) is 0 Å². The molecule has 0 spiro atoms. The van der Waals surface area contributed by atoms with Crippen molar-refractivity contribution in [3.63, 3.8) is 0 Å². The van der Waals surface area contributed by atoms with Gasteiger partial charge in [0, 0.05) is 0 Å². The van der Waals surface area contributed by atoms with Crippen LogP contribution in [0.3, 0.4) is 0 Å². The molecular weight excluding hydrogens is 202 g/mol. The van der Waals surface area contributed by atoms with Crippen molar-refractivity contribution in [3.8, 4) is 11.8 Å². The topological polar surface area (TPSA) is 45.9 Å². The maximum Gasteiger partial charge on any atom is 0.387 e. The van der Waals surface area contributed by atoms with E-state index in [4.69, 9.17) is 16.9 Å². The van der Waals surface area contributed by atoms with E-state index >= 15 is 0 Å². The SMILES string of the molecule is N#Cc1cc(Cl)c(OC(F)F)cn1. The van der Waals surface area contributed by atoms with Gasteiger partial charge in [-0.2, -0.15) is 14.0 Å². The van der Waals surface area contributed by atoms with Crippen molar-refractivity contribution in [2.45, 2.75) is 6.61 Å². The Labute approximate surface area is 77.5 Å². The van der Waals surface area contributed by atoms with Crippen molar-refractivity contribution in [3.05, 3.63) is 23.0 Å². The molecule has 0 fully saturated rings. The summed E-state index contributed by atoms with van der Waals surface area (Å²) in [5.41, 5.74) is 0.0478. The summed E-state index contributed by atoms with van der Waals surface area (Å²) < 4.78 is 27.4. The summed E-state index contributed by atoms with van der Waals surface area (Å²) in [6.45, 7) is -2.95. The van der Waals surface area contributed by atoms with Gasteiger partial charge in [0.15, 0.2) is 5.75 Å². The van der Waals surface area contributed by atoms with Crippen LogP contribution in [0.2, 0.25) is 5.02 Å². The van der Waals surface area contributed by atoms with Crippen molar-refractivity contribution in [2.24, 2.45) is 0 Å². The van der Waals surface area contributed by atoms with E-state index in [2.05, 4.69) is 9.72 Å². The fourth-order valence-electron chi connectivity index (χ4n) is 0.662. The number of hydrogen-bond donors (Lipinski definition) is 0. The molecule has 1 heterocycles. The highest BCUT2D eigenvalue weighted by Gasteiger charge is 2.09. The van der Waals surface area contributed by atoms with E-state index in [9.17, 15) is 8.78 Å². The molecule has 6 heteroatoms. The Kier molecular flexibility index (Phi) is 2.98. The number of alkyl halides is 2. The molecule has 0 saturated carbocycles. The second kappa shape index (κ2) is 4.01. The molecule has 13 heavy (non-hydrogen) atoms. The number of halogens is 3. The van der Waals surface area contributed by atoms with Gasteiger partial charge in [0.2, 0.25) is 0 Å². The largest absolute Gasteiger partial charge is 0.432 e. The fraction of sp³-hybridized carbons (Fsp3) is 0.143. The van der Waals surface area contributed by atoms with Gasteiger partial charge in [-0.1, -0.05) is 11.6 Å². The zero-order valence-corrected chi connectivity index (χ0v) is 6.92. The van der Waals surface area contributed by atoms with Crippen LogP contribution in [0, 0.1) is 11.3 Å². The molecule has 0 atom stereocenters. The molecule has 0 unspecified atom stereocenters. The first kappa shape index (κ1) is 9.68. The van der Waals surface area contributed by atoms with Crippen LogP contribution >= 0.6 is 11.6 Å². The fourth-order valence-corrected chi connectivity index (χ4v) is 0.859. The van der Waals surface area contributed by atoms with Gasteiger partial charge in [-0.05, 0) is 6.07 Å². The van der Waals surface area contributed by atoms with Crippen molar-refractivity contribution >= 4 is 11.6 Å². The van der Waals surface area contributed by atoms with Gasteiger partial charge in [0.05, 0.1) is 11.2 Å². The molecule has 0 saturated heterocycles. The molecule has 1 aromatic heterocycles. The summed E-state index contributed by atoms with van der Waals surface area (Å²) in [7, 11) is 0. The monoisotopic (exact) mass is 204 g/mol. The van der Waals surface area contributed by atoms with E-state index in [1.54, 1.807) is 6.07 Å². The quantitative estimate of drug-likeness (QED) is 0.742. The number of ether oxygens (including phenoxy) is 1. The Balaban J connectivity index is 2.93. The molecule has 0 radical (unpaired) electrons. The molecule has 0 bridgehead atoms. The number of aromatic nitrogens is 1. The molecule has 0 aliphatic rings. The molecule has 0 N–H and O–H groups in total. The molecule has 0 aliphatic heterocycles. The van der Waals surface area contributed by atoms with E-state index in [1.165, 1.54) is 0 Å². The minimum Gasteiger partial charge on any atom is -0.432 e. The zero-order valence-electron chi connectivity index (χ0n) is 6.17. The average molecular weight is 205 g/mol. The third kappa shape index (κ3) is 2.53. The first-order valence-electron chi connectivity index (χ1n) is 3.14. The van der Waals surface area contributed by atoms with Crippen molar-refractivity contribution in [1.82, 2.24) is 4.98 Å². The second-order valence-corrected chi connectivity index (χ2v) is 2.40. The van der Waals surface area contributed by atoms with Crippen molar-refractivity contribution in [1.29, 1.82) is 5.26 Å². The summed E-state index contributed by atoms with van der Waals surface area (Å²) >= 11 is 5.50. The third-order valence-corrected chi connectivity index (χ3v) is 1.45. The maximum atomic E-state index is 11.7. The second-order valence-electron chi connectivity index (χ2n) is 1.99. The van der Waals surface area contributed by atoms with E-state index in [0.717, 1.165) is 12.3 Å². The Bertz CT molecular complexity index is 351. The normalized spacial score (nSPS) is 9.77. The van der Waals surface area contributed by atoms with E-state index in [0.29, 0.717) is 0 Å². The third-order valence-electron chi connectivity index (χ3n) is 1.15. The van der Waals surface area contributed by atoms with Crippen LogP contribution in [0.1, 0.15) is 5.69 Å². The number of nitrogens with zero attached hydrogens (tertiary/aromatic N) is 2. The van der Waals surface area contributed by atoms with Crippen LogP contribution < -0.4 is 4.74 Å². The Morgan fingerprint density at radius 2 is 2.31 bits per heavy atom. The van der Waals surface area contributed by atoms with Gasteiger partial charge in [-0.25, -0.2) is 4.98 Å². The number of hydrogen-bond acceptors (Lipinski definition) is 3. The molecule has 0 aromatic carbocycles. The summed E-state index contributed by atoms with van der Waals surface area (Å²) in [4.78, 5) is 3.51.